The van der Waals surface area contributed by atoms with Gasteiger partial charge in [-0.05, 0) is 18.6 Å². The third-order valence-electron chi connectivity index (χ3n) is 3.26. The lowest BCUT2D eigenvalue weighted by molar-refractivity contribution is -0.137. The highest BCUT2D eigenvalue weighted by Crippen LogP contribution is 2.28. The van der Waals surface area contributed by atoms with Gasteiger partial charge >= 0.3 is 12.0 Å². The van der Waals surface area contributed by atoms with E-state index >= 15 is 0 Å². The van der Waals surface area contributed by atoms with E-state index in [1.54, 1.807) is 31.2 Å². The molecule has 3 N–H and O–H groups in total. The Kier molecular flexibility index (Phi) is 4.42. The van der Waals surface area contributed by atoms with Gasteiger partial charge in [0.15, 0.2) is 0 Å². The molecule has 21 heavy (non-hydrogen) atoms. The lowest BCUT2D eigenvalue weighted by Crippen LogP contribution is -2.50. The second-order valence-corrected chi connectivity index (χ2v) is 4.80. The Balaban J connectivity index is 2.15. The van der Waals surface area contributed by atoms with Crippen molar-refractivity contribution >= 4 is 29.3 Å². The number of amides is 3. The molecule has 0 aromatic heterocycles. The quantitative estimate of drug-likeness (QED) is 0.781. The average molecular weight is 291 g/mol. The van der Waals surface area contributed by atoms with Crippen LogP contribution in [0.1, 0.15) is 19.8 Å². The number of carboxylic acids is 1. The molecule has 7 nitrogen and oxygen atoms in total. The molecular formula is C14H17N3O4. The van der Waals surface area contributed by atoms with Gasteiger partial charge in [0.25, 0.3) is 0 Å². The summed E-state index contributed by atoms with van der Waals surface area (Å²) in [7, 11) is 0. The van der Waals surface area contributed by atoms with Gasteiger partial charge < -0.3 is 15.7 Å². The van der Waals surface area contributed by atoms with Crippen LogP contribution in [0.25, 0.3) is 0 Å². The zero-order valence-corrected chi connectivity index (χ0v) is 11.6. The number of rotatable bonds is 4. The third kappa shape index (κ3) is 3.50. The number of carboxylic acid groups (broad SMARTS) is 1. The van der Waals surface area contributed by atoms with Crippen LogP contribution in [0.5, 0.6) is 0 Å². The molecule has 0 saturated heterocycles. The van der Waals surface area contributed by atoms with Gasteiger partial charge in [-0.25, -0.2) is 4.79 Å². The summed E-state index contributed by atoms with van der Waals surface area (Å²) >= 11 is 0. The molecule has 1 aliphatic heterocycles. The topological polar surface area (TPSA) is 98.7 Å². The van der Waals surface area contributed by atoms with Crippen LogP contribution >= 0.6 is 0 Å². The fraction of sp³-hybridized carbons (Fsp3) is 0.357. The standard InChI is InChI=1S/C14H17N3O4/c1-2-9(7-13(19)20)15-14(21)17-8-12(18)16-10-5-3-4-6-11(10)17/h3-6,9H,2,7-8H2,1H3,(H,15,21)(H,16,18)(H,19,20). The fourth-order valence-corrected chi connectivity index (χ4v) is 2.18. The summed E-state index contributed by atoms with van der Waals surface area (Å²) in [6, 6.07) is 6.04. The van der Waals surface area contributed by atoms with Crippen molar-refractivity contribution in [1.29, 1.82) is 0 Å². The van der Waals surface area contributed by atoms with Crippen molar-refractivity contribution in [3.8, 4) is 0 Å². The van der Waals surface area contributed by atoms with Crippen molar-refractivity contribution in [3.63, 3.8) is 0 Å². The van der Waals surface area contributed by atoms with E-state index < -0.39 is 18.0 Å². The Hall–Kier alpha value is -2.57. The molecule has 2 rings (SSSR count). The molecule has 112 valence electrons. The van der Waals surface area contributed by atoms with Crippen molar-refractivity contribution in [2.24, 2.45) is 0 Å². The Morgan fingerprint density at radius 1 is 1.43 bits per heavy atom. The van der Waals surface area contributed by atoms with Crippen LogP contribution in [-0.4, -0.2) is 35.6 Å². The highest BCUT2D eigenvalue weighted by molar-refractivity contribution is 6.09. The molecule has 0 saturated carbocycles. The molecule has 0 fully saturated rings. The van der Waals surface area contributed by atoms with Gasteiger partial charge in [0, 0.05) is 6.04 Å². The largest absolute Gasteiger partial charge is 0.481 e. The smallest absolute Gasteiger partial charge is 0.322 e. The molecule has 1 aromatic rings. The Bertz CT molecular complexity index is 573. The summed E-state index contributed by atoms with van der Waals surface area (Å²) < 4.78 is 0. The number of nitrogens with zero attached hydrogens (tertiary/aromatic N) is 1. The van der Waals surface area contributed by atoms with Crippen molar-refractivity contribution in [2.75, 3.05) is 16.8 Å². The van der Waals surface area contributed by atoms with Gasteiger partial charge in [0.2, 0.25) is 5.91 Å². The second-order valence-electron chi connectivity index (χ2n) is 4.80. The van der Waals surface area contributed by atoms with E-state index in [-0.39, 0.29) is 18.9 Å². The van der Waals surface area contributed by atoms with E-state index in [0.29, 0.717) is 17.8 Å². The Morgan fingerprint density at radius 3 is 2.81 bits per heavy atom. The normalized spacial score (nSPS) is 14.9. The molecule has 1 aromatic carbocycles. The first-order valence-corrected chi connectivity index (χ1v) is 6.70. The molecule has 3 amide bonds. The van der Waals surface area contributed by atoms with Gasteiger partial charge in [0.1, 0.15) is 6.54 Å². The van der Waals surface area contributed by atoms with E-state index in [1.807, 2.05) is 0 Å². The van der Waals surface area contributed by atoms with Crippen molar-refractivity contribution in [1.82, 2.24) is 5.32 Å². The van der Waals surface area contributed by atoms with Gasteiger partial charge in [-0.15, -0.1) is 0 Å². The maximum absolute atomic E-state index is 12.3. The van der Waals surface area contributed by atoms with Crippen molar-refractivity contribution in [2.45, 2.75) is 25.8 Å². The second kappa shape index (κ2) is 6.25. The minimum atomic E-state index is -0.973. The summed E-state index contributed by atoms with van der Waals surface area (Å²) in [4.78, 5) is 36.0. The molecule has 1 aliphatic rings. The summed E-state index contributed by atoms with van der Waals surface area (Å²) in [5, 5.41) is 14.2. The van der Waals surface area contributed by atoms with Crippen LogP contribution in [0.3, 0.4) is 0 Å². The first-order valence-electron chi connectivity index (χ1n) is 6.70. The number of carbonyl (C=O) groups excluding carboxylic acids is 2. The highest BCUT2D eigenvalue weighted by atomic mass is 16.4. The number of urea groups is 1. The van der Waals surface area contributed by atoms with E-state index in [1.165, 1.54) is 4.90 Å². The lowest BCUT2D eigenvalue weighted by atomic mass is 10.1. The van der Waals surface area contributed by atoms with Crippen LogP contribution < -0.4 is 15.5 Å². The summed E-state index contributed by atoms with van der Waals surface area (Å²) in [6.07, 6.45) is 0.351. The van der Waals surface area contributed by atoms with Crippen LogP contribution in [0.4, 0.5) is 16.2 Å². The van der Waals surface area contributed by atoms with E-state index in [2.05, 4.69) is 10.6 Å². The van der Waals surface area contributed by atoms with E-state index in [4.69, 9.17) is 5.11 Å². The number of carbonyl (C=O) groups is 3. The van der Waals surface area contributed by atoms with E-state index in [0.717, 1.165) is 0 Å². The molecule has 1 unspecified atom stereocenters. The molecule has 0 bridgehead atoms. The van der Waals surface area contributed by atoms with Crippen LogP contribution in [0, 0.1) is 0 Å². The number of anilines is 2. The average Bonchev–Trinajstić information content (AvgIpc) is 2.44. The maximum atomic E-state index is 12.3. The number of fused-ring (bicyclic) bond motifs is 1. The van der Waals surface area contributed by atoms with Gasteiger partial charge in [-0.2, -0.15) is 0 Å². The zero-order valence-electron chi connectivity index (χ0n) is 11.6. The van der Waals surface area contributed by atoms with Gasteiger partial charge in [0.05, 0.1) is 17.8 Å². The first-order chi connectivity index (χ1) is 10.0. The molecule has 1 heterocycles. The minimum Gasteiger partial charge on any atom is -0.481 e. The van der Waals surface area contributed by atoms with Gasteiger partial charge in [-0.1, -0.05) is 19.1 Å². The maximum Gasteiger partial charge on any atom is 0.322 e. The van der Waals surface area contributed by atoms with Gasteiger partial charge in [-0.3, -0.25) is 14.5 Å². The first kappa shape index (κ1) is 14.8. The predicted molar refractivity (Wildman–Crippen MR) is 77.3 cm³/mol. The van der Waals surface area contributed by atoms with Crippen molar-refractivity contribution < 1.29 is 19.5 Å². The molecule has 1 atom stereocenters. The number of hydrogen-bond acceptors (Lipinski definition) is 3. The zero-order chi connectivity index (χ0) is 15.4. The number of aliphatic carboxylic acids is 1. The summed E-state index contributed by atoms with van der Waals surface area (Å²) in [5.41, 5.74) is 1.16. The number of para-hydroxylation sites is 2. The van der Waals surface area contributed by atoms with Crippen LogP contribution in [-0.2, 0) is 9.59 Å². The summed E-state index contributed by atoms with van der Waals surface area (Å²) in [5.74, 6) is -1.26. The fourth-order valence-electron chi connectivity index (χ4n) is 2.18. The Labute approximate surface area is 121 Å². The number of benzene rings is 1. The highest BCUT2D eigenvalue weighted by Gasteiger charge is 2.27. The van der Waals surface area contributed by atoms with Crippen LogP contribution in [0.2, 0.25) is 0 Å². The monoisotopic (exact) mass is 291 g/mol. The van der Waals surface area contributed by atoms with Crippen LogP contribution in [0.15, 0.2) is 24.3 Å². The van der Waals surface area contributed by atoms with Crippen molar-refractivity contribution in [3.05, 3.63) is 24.3 Å². The Morgan fingerprint density at radius 2 is 2.14 bits per heavy atom. The minimum absolute atomic E-state index is 0.0909. The molecular weight excluding hydrogens is 274 g/mol. The van der Waals surface area contributed by atoms with E-state index in [9.17, 15) is 14.4 Å². The molecule has 0 spiro atoms. The number of hydrogen-bond donors (Lipinski definition) is 3. The number of nitrogens with one attached hydrogen (secondary N) is 2. The summed E-state index contributed by atoms with van der Waals surface area (Å²) in [6.45, 7) is 1.71. The lowest BCUT2D eigenvalue weighted by Gasteiger charge is -2.30. The molecule has 0 aliphatic carbocycles. The third-order valence-corrected chi connectivity index (χ3v) is 3.26. The SMILES string of the molecule is CCC(CC(=O)O)NC(=O)N1CC(=O)Nc2ccccc21. The molecule has 0 radical (unpaired) electrons. The predicted octanol–water partition coefficient (Wildman–Crippen LogP) is 1.41. The molecule has 7 heteroatoms.